The van der Waals surface area contributed by atoms with Gasteiger partial charge in [0.25, 0.3) is 11.8 Å². The molecule has 0 aliphatic rings. The third-order valence-electron chi connectivity index (χ3n) is 6.68. The Morgan fingerprint density at radius 3 is 1.82 bits per heavy atom. The molecule has 0 aliphatic carbocycles. The topological polar surface area (TPSA) is 149 Å². The average Bonchev–Trinajstić information content (AvgIpc) is 2.94. The highest BCUT2D eigenvalue weighted by atomic mass is 19.2. The van der Waals surface area contributed by atoms with Crippen LogP contribution in [0.4, 0.5) is 17.6 Å². The lowest BCUT2D eigenvalue weighted by molar-refractivity contribution is -0.130. The van der Waals surface area contributed by atoms with Gasteiger partial charge >= 0.3 is 0 Å². The Bertz CT molecular complexity index is 1170. The van der Waals surface area contributed by atoms with Crippen molar-refractivity contribution in [1.29, 1.82) is 0 Å². The Morgan fingerprint density at radius 2 is 1.34 bits per heavy atom. The zero-order valence-corrected chi connectivity index (χ0v) is 26.3. The van der Waals surface area contributed by atoms with E-state index in [9.17, 15) is 41.8 Å². The summed E-state index contributed by atoms with van der Waals surface area (Å²) in [6.45, 7) is 12.8. The van der Waals surface area contributed by atoms with Gasteiger partial charge in [0.15, 0.2) is 17.4 Å². The fourth-order valence-electron chi connectivity index (χ4n) is 4.55. The zero-order valence-electron chi connectivity index (χ0n) is 26.3. The Balaban J connectivity index is 3.17. The summed E-state index contributed by atoms with van der Waals surface area (Å²) in [6, 6.07) is -3.45. The molecule has 1 aromatic carbocycles. The second-order valence-corrected chi connectivity index (χ2v) is 11.4. The first-order valence-electron chi connectivity index (χ1n) is 14.8. The smallest absolute Gasteiger partial charge is 0.262 e. The molecule has 1 rings (SSSR count). The van der Waals surface area contributed by atoms with Gasteiger partial charge in [-0.15, -0.1) is 0 Å². The van der Waals surface area contributed by atoms with Gasteiger partial charge in [0.2, 0.25) is 23.4 Å². The van der Waals surface area contributed by atoms with Gasteiger partial charge in [-0.2, -0.15) is 8.78 Å². The number of aliphatic imine (C=N–C) groups is 1. The summed E-state index contributed by atoms with van der Waals surface area (Å²) in [5.41, 5.74) is -1.64. The van der Waals surface area contributed by atoms with Gasteiger partial charge in [0.05, 0.1) is 6.04 Å². The molecule has 1 aromatic rings. The van der Waals surface area contributed by atoms with Crippen molar-refractivity contribution < 1.29 is 41.8 Å². The highest BCUT2D eigenvalue weighted by molar-refractivity contribution is 5.99. The van der Waals surface area contributed by atoms with E-state index < -0.39 is 76.5 Å². The molecule has 5 N–H and O–H groups in total. The summed E-state index contributed by atoms with van der Waals surface area (Å²) in [5, 5.41) is 19.9. The summed E-state index contributed by atoms with van der Waals surface area (Å²) >= 11 is 0. The van der Waals surface area contributed by atoms with Crippen molar-refractivity contribution >= 4 is 29.8 Å². The number of carbonyl (C=O) groups is 4. The first-order valence-corrected chi connectivity index (χ1v) is 14.8. The van der Waals surface area contributed by atoms with Crippen LogP contribution in [0, 0.1) is 35.1 Å². The number of benzene rings is 1. The van der Waals surface area contributed by atoms with E-state index in [4.69, 9.17) is 0 Å². The number of phenols is 1. The maximum absolute atomic E-state index is 14.3. The number of halogens is 4. The van der Waals surface area contributed by atoms with Crippen LogP contribution in [0.1, 0.15) is 90.9 Å². The molecule has 0 heterocycles. The van der Waals surface area contributed by atoms with Crippen molar-refractivity contribution in [2.45, 2.75) is 105 Å². The maximum Gasteiger partial charge on any atom is 0.262 e. The van der Waals surface area contributed by atoms with Crippen LogP contribution in [0.15, 0.2) is 4.99 Å². The van der Waals surface area contributed by atoms with Crippen molar-refractivity contribution in [3.63, 3.8) is 0 Å². The fourth-order valence-corrected chi connectivity index (χ4v) is 4.55. The predicted molar refractivity (Wildman–Crippen MR) is 158 cm³/mol. The van der Waals surface area contributed by atoms with Crippen LogP contribution in [0.2, 0.25) is 0 Å². The quantitative estimate of drug-likeness (QED) is 0.100. The maximum atomic E-state index is 14.3. The summed E-state index contributed by atoms with van der Waals surface area (Å²) in [4.78, 5) is 55.4. The third kappa shape index (κ3) is 11.2. The van der Waals surface area contributed by atoms with Gasteiger partial charge in [0.1, 0.15) is 17.6 Å². The minimum atomic E-state index is -2.16. The predicted octanol–water partition coefficient (Wildman–Crippen LogP) is 3.89. The third-order valence-corrected chi connectivity index (χ3v) is 6.68. The van der Waals surface area contributed by atoms with Crippen molar-refractivity contribution in [3.05, 3.63) is 28.8 Å². The Morgan fingerprint density at radius 1 is 0.795 bits per heavy atom. The van der Waals surface area contributed by atoms with E-state index in [-0.39, 0.29) is 37.1 Å². The minimum Gasteiger partial charge on any atom is -0.503 e. The first kappa shape index (κ1) is 38.5. The number of hydrogen-bond acceptors (Lipinski definition) is 6. The molecule has 0 fully saturated rings. The first-order chi connectivity index (χ1) is 20.6. The lowest BCUT2D eigenvalue weighted by atomic mass is 10.0. The van der Waals surface area contributed by atoms with Crippen LogP contribution in [-0.4, -0.2) is 65.7 Å². The van der Waals surface area contributed by atoms with Crippen molar-refractivity contribution in [1.82, 2.24) is 21.3 Å². The number of phenolic OH excluding ortho intramolecular Hbond substituents is 1. The lowest BCUT2D eigenvalue weighted by Crippen LogP contribution is -2.56. The highest BCUT2D eigenvalue weighted by Crippen LogP contribution is 2.29. The number of rotatable bonds is 17. The monoisotopic (exact) mass is 631 g/mol. The van der Waals surface area contributed by atoms with E-state index in [1.807, 2.05) is 20.8 Å². The van der Waals surface area contributed by atoms with E-state index in [0.717, 1.165) is 0 Å². The van der Waals surface area contributed by atoms with E-state index in [2.05, 4.69) is 26.3 Å². The minimum absolute atomic E-state index is 0.0447. The van der Waals surface area contributed by atoms with Crippen LogP contribution >= 0.6 is 0 Å². The summed E-state index contributed by atoms with van der Waals surface area (Å²) in [7, 11) is 0. The molecule has 14 heteroatoms. The van der Waals surface area contributed by atoms with Gasteiger partial charge < -0.3 is 26.4 Å². The molecule has 0 saturated heterocycles. The standard InChI is InChI=1S/C30H45F4N5O5/c1-8-11-19(28(42)37-17(12-15(4)5)14-36-18(9-2)27(41)35-10-3)38-29(43)20(13-16(6)7)39-30(44)21-22(31)24(33)26(40)25(34)23(21)32/h10,15-20,36,40H,8-9,11-14H2,1-7H3,(H,37,42)(H,38,43)(H,39,44)/t17-,18-,19-,20?/m0/s1. The normalized spacial score (nSPS) is 14.4. The van der Waals surface area contributed by atoms with Crippen molar-refractivity contribution in [2.75, 3.05) is 6.54 Å². The van der Waals surface area contributed by atoms with Crippen molar-refractivity contribution in [3.8, 4) is 5.75 Å². The number of aromatic hydroxyl groups is 1. The highest BCUT2D eigenvalue weighted by Gasteiger charge is 2.33. The molecular formula is C30H45F4N5O5. The number of nitrogens with zero attached hydrogens (tertiary/aromatic N) is 1. The van der Waals surface area contributed by atoms with Gasteiger partial charge in [0, 0.05) is 18.8 Å². The lowest BCUT2D eigenvalue weighted by Gasteiger charge is -2.27. The number of amides is 4. The molecular weight excluding hydrogens is 586 g/mol. The van der Waals surface area contributed by atoms with E-state index >= 15 is 0 Å². The SMILES string of the molecule is CC=NC(=O)[C@H](CC)NC[C@H](CC(C)C)NC(=O)[C@H](CCC)NC(=O)C(CC(C)C)NC(=O)c1c(F)c(F)c(O)c(F)c1F. The second-order valence-electron chi connectivity index (χ2n) is 11.4. The second kappa shape index (κ2) is 18.3. The average molecular weight is 632 g/mol. The summed E-state index contributed by atoms with van der Waals surface area (Å²) < 4.78 is 56.4. The Labute approximate surface area is 255 Å². The number of hydrogen-bond donors (Lipinski definition) is 5. The van der Waals surface area contributed by atoms with Crippen LogP contribution < -0.4 is 21.3 Å². The zero-order chi connectivity index (χ0) is 33.7. The molecule has 1 unspecified atom stereocenters. The molecule has 0 radical (unpaired) electrons. The number of carbonyl (C=O) groups excluding carboxylic acids is 4. The molecule has 0 spiro atoms. The van der Waals surface area contributed by atoms with Crippen LogP contribution in [0.5, 0.6) is 5.75 Å². The van der Waals surface area contributed by atoms with Crippen LogP contribution in [0.3, 0.4) is 0 Å². The summed E-state index contributed by atoms with van der Waals surface area (Å²) in [6.07, 6.45) is 3.08. The molecule has 0 aliphatic heterocycles. The molecule has 10 nitrogen and oxygen atoms in total. The Hall–Kier alpha value is -3.55. The van der Waals surface area contributed by atoms with Gasteiger partial charge in [-0.3, -0.25) is 19.2 Å². The van der Waals surface area contributed by atoms with Crippen molar-refractivity contribution in [2.24, 2.45) is 16.8 Å². The molecule has 0 aromatic heterocycles. The Kier molecular flexibility index (Phi) is 16.0. The van der Waals surface area contributed by atoms with E-state index in [1.54, 1.807) is 27.7 Å². The van der Waals surface area contributed by atoms with E-state index in [0.29, 0.717) is 19.3 Å². The van der Waals surface area contributed by atoms with E-state index in [1.165, 1.54) is 6.21 Å². The fraction of sp³-hybridized carbons (Fsp3) is 0.633. The van der Waals surface area contributed by atoms with Crippen LogP contribution in [0.25, 0.3) is 0 Å². The molecule has 0 saturated carbocycles. The molecule has 4 amide bonds. The molecule has 0 bridgehead atoms. The van der Waals surface area contributed by atoms with Gasteiger partial charge in [-0.05, 0) is 44.4 Å². The van der Waals surface area contributed by atoms with Gasteiger partial charge in [-0.1, -0.05) is 48.0 Å². The number of nitrogens with one attached hydrogen (secondary N) is 4. The molecule has 248 valence electrons. The largest absolute Gasteiger partial charge is 0.503 e. The molecule has 4 atom stereocenters. The summed E-state index contributed by atoms with van der Waals surface area (Å²) in [5.74, 6) is -13.9. The van der Waals surface area contributed by atoms with Crippen LogP contribution in [-0.2, 0) is 14.4 Å². The molecule has 44 heavy (non-hydrogen) atoms. The van der Waals surface area contributed by atoms with Gasteiger partial charge in [-0.25, -0.2) is 13.8 Å².